The van der Waals surface area contributed by atoms with Gasteiger partial charge >= 0.3 is 0 Å². The zero-order valence-corrected chi connectivity index (χ0v) is 25.8. The third kappa shape index (κ3) is 4.18. The Balaban J connectivity index is 1.50. The molecule has 4 heterocycles. The lowest BCUT2D eigenvalue weighted by Crippen LogP contribution is -2.10. The highest BCUT2D eigenvalue weighted by Crippen LogP contribution is 2.48. The van der Waals surface area contributed by atoms with Crippen LogP contribution in [0.1, 0.15) is 72.1 Å². The van der Waals surface area contributed by atoms with E-state index >= 15 is 0 Å². The first-order valence-electron chi connectivity index (χ1n) is 15.5. The van der Waals surface area contributed by atoms with Gasteiger partial charge in [0.15, 0.2) is 0 Å². The minimum Gasteiger partial charge on any atom is -0.340 e. The third-order valence-corrected chi connectivity index (χ3v) is 11.6. The van der Waals surface area contributed by atoms with Crippen molar-refractivity contribution < 1.29 is 0 Å². The molecule has 0 amide bonds. The SMILES string of the molecule is CCCCCCn1c2ccccc2c2cc3sc4c5sc6ccccc6c5n(CC(CC)CCCC)c4c3cc21. The van der Waals surface area contributed by atoms with Crippen LogP contribution < -0.4 is 0 Å². The van der Waals surface area contributed by atoms with Gasteiger partial charge in [-0.3, -0.25) is 0 Å². The van der Waals surface area contributed by atoms with Gasteiger partial charge in [-0.2, -0.15) is 0 Å². The third-order valence-electron chi connectivity index (χ3n) is 9.09. The molecule has 0 radical (unpaired) electrons. The largest absolute Gasteiger partial charge is 0.340 e. The van der Waals surface area contributed by atoms with Crippen molar-refractivity contribution in [1.82, 2.24) is 9.13 Å². The predicted molar refractivity (Wildman–Crippen MR) is 181 cm³/mol. The Hall–Kier alpha value is -2.82. The van der Waals surface area contributed by atoms with E-state index in [1.165, 1.54) is 114 Å². The summed E-state index contributed by atoms with van der Waals surface area (Å²) in [6.45, 7) is 9.22. The van der Waals surface area contributed by atoms with E-state index in [4.69, 9.17) is 0 Å². The summed E-state index contributed by atoms with van der Waals surface area (Å²) in [5, 5.41) is 5.68. The van der Waals surface area contributed by atoms with Crippen molar-refractivity contribution in [2.45, 2.75) is 85.2 Å². The lowest BCUT2D eigenvalue weighted by Gasteiger charge is -2.17. The standard InChI is InChI=1S/C36H40N2S2/c1-4-7-9-14-20-37-29-18-12-10-16-25(29)27-22-32-28(21-30(27)37)34-36(40-32)35-33(26-17-11-13-19-31(26)39-35)38(34)23-24(6-3)15-8-5-2/h10-13,16-19,21-22,24H,4-9,14-15,20,23H2,1-3H3. The molecule has 0 saturated carbocycles. The van der Waals surface area contributed by atoms with Crippen molar-refractivity contribution in [3.05, 3.63) is 60.7 Å². The number of nitrogens with zero attached hydrogens (tertiary/aromatic N) is 2. The number of hydrogen-bond acceptors (Lipinski definition) is 2. The molecule has 3 aromatic carbocycles. The lowest BCUT2D eigenvalue weighted by atomic mass is 9.99. The molecule has 0 aliphatic carbocycles. The van der Waals surface area contributed by atoms with Crippen molar-refractivity contribution >= 4 is 85.1 Å². The highest BCUT2D eigenvalue weighted by atomic mass is 32.1. The first-order valence-corrected chi connectivity index (χ1v) is 17.1. The number of aryl methyl sites for hydroxylation is 1. The molecule has 0 aliphatic heterocycles. The number of rotatable bonds is 11. The molecule has 4 aromatic heterocycles. The van der Waals surface area contributed by atoms with Crippen LogP contribution in [0.25, 0.3) is 62.4 Å². The summed E-state index contributed by atoms with van der Waals surface area (Å²) in [6.07, 6.45) is 10.3. The summed E-state index contributed by atoms with van der Waals surface area (Å²) in [5.41, 5.74) is 5.74. The predicted octanol–water partition coefficient (Wildman–Crippen LogP) is 12.1. The fourth-order valence-electron chi connectivity index (χ4n) is 6.91. The molecule has 0 saturated heterocycles. The number of hydrogen-bond donors (Lipinski definition) is 0. The van der Waals surface area contributed by atoms with E-state index in [1.807, 2.05) is 22.7 Å². The minimum atomic E-state index is 0.709. The number of benzene rings is 3. The zero-order valence-electron chi connectivity index (χ0n) is 24.1. The normalized spacial score (nSPS) is 13.3. The molecule has 40 heavy (non-hydrogen) atoms. The lowest BCUT2D eigenvalue weighted by molar-refractivity contribution is 0.401. The van der Waals surface area contributed by atoms with E-state index in [0.29, 0.717) is 5.92 Å². The van der Waals surface area contributed by atoms with Gasteiger partial charge in [-0.25, -0.2) is 0 Å². The van der Waals surface area contributed by atoms with E-state index < -0.39 is 0 Å². The molecule has 206 valence electrons. The minimum absolute atomic E-state index is 0.709. The van der Waals surface area contributed by atoms with Crippen molar-refractivity contribution in [1.29, 1.82) is 0 Å². The molecule has 0 N–H and O–H groups in total. The number of thiophene rings is 2. The van der Waals surface area contributed by atoms with Crippen LogP contribution in [0.2, 0.25) is 0 Å². The van der Waals surface area contributed by atoms with Crippen LogP contribution in [0.15, 0.2) is 60.7 Å². The van der Waals surface area contributed by atoms with Crippen LogP contribution in [-0.4, -0.2) is 9.13 Å². The van der Waals surface area contributed by atoms with Gasteiger partial charge in [-0.1, -0.05) is 95.7 Å². The monoisotopic (exact) mass is 564 g/mol. The summed E-state index contributed by atoms with van der Waals surface area (Å²) in [4.78, 5) is 0. The number of fused-ring (bicyclic) bond motifs is 10. The second-order valence-corrected chi connectivity index (χ2v) is 13.8. The first-order chi connectivity index (χ1) is 19.7. The summed E-state index contributed by atoms with van der Waals surface area (Å²) in [5.74, 6) is 0.709. The van der Waals surface area contributed by atoms with Crippen LogP contribution in [0.4, 0.5) is 0 Å². The van der Waals surface area contributed by atoms with Gasteiger partial charge in [0, 0.05) is 55.1 Å². The maximum atomic E-state index is 2.74. The Morgan fingerprint density at radius 1 is 0.625 bits per heavy atom. The second-order valence-electron chi connectivity index (χ2n) is 11.7. The molecule has 7 rings (SSSR count). The molecule has 0 fully saturated rings. The van der Waals surface area contributed by atoms with E-state index in [-0.39, 0.29) is 0 Å². The highest BCUT2D eigenvalue weighted by molar-refractivity contribution is 7.33. The number of unbranched alkanes of at least 4 members (excludes halogenated alkanes) is 4. The Morgan fingerprint density at radius 3 is 2.15 bits per heavy atom. The molecule has 1 atom stereocenters. The molecular weight excluding hydrogens is 525 g/mol. The van der Waals surface area contributed by atoms with Crippen LogP contribution in [0.3, 0.4) is 0 Å². The van der Waals surface area contributed by atoms with Crippen molar-refractivity contribution in [2.24, 2.45) is 5.92 Å². The molecule has 1 unspecified atom stereocenters. The Kier molecular flexibility index (Phi) is 7.09. The van der Waals surface area contributed by atoms with Gasteiger partial charge in [-0.15, -0.1) is 22.7 Å². The van der Waals surface area contributed by atoms with Crippen molar-refractivity contribution in [3.63, 3.8) is 0 Å². The summed E-state index contributed by atoms with van der Waals surface area (Å²) in [7, 11) is 0. The van der Waals surface area contributed by atoms with Gasteiger partial charge in [0.1, 0.15) is 0 Å². The zero-order chi connectivity index (χ0) is 27.2. The fourth-order valence-corrected chi connectivity index (χ4v) is 9.47. The van der Waals surface area contributed by atoms with Crippen LogP contribution in [0, 0.1) is 5.92 Å². The van der Waals surface area contributed by atoms with E-state index in [1.54, 1.807) is 0 Å². The quantitative estimate of drug-likeness (QED) is 0.138. The summed E-state index contributed by atoms with van der Waals surface area (Å²) in [6, 6.07) is 23.2. The Bertz CT molecular complexity index is 1960. The molecular formula is C36H40N2S2. The topological polar surface area (TPSA) is 9.86 Å². The average molecular weight is 565 g/mol. The molecule has 4 heteroatoms. The second kappa shape index (κ2) is 10.9. The Morgan fingerprint density at radius 2 is 1.35 bits per heavy atom. The molecule has 7 aromatic rings. The molecule has 0 spiro atoms. The number of aromatic nitrogens is 2. The first kappa shape index (κ1) is 26.1. The molecule has 2 nitrogen and oxygen atoms in total. The maximum absolute atomic E-state index is 2.74. The summed E-state index contributed by atoms with van der Waals surface area (Å²) >= 11 is 4.01. The molecule has 0 aliphatic rings. The van der Waals surface area contributed by atoms with Crippen LogP contribution >= 0.6 is 22.7 Å². The van der Waals surface area contributed by atoms with Gasteiger partial charge in [-0.05, 0) is 43.0 Å². The van der Waals surface area contributed by atoms with Gasteiger partial charge < -0.3 is 9.13 Å². The number of para-hydroxylation sites is 1. The van der Waals surface area contributed by atoms with E-state index in [0.717, 1.165) is 13.1 Å². The average Bonchev–Trinajstić information content (AvgIpc) is 3.70. The molecule has 0 bridgehead atoms. The van der Waals surface area contributed by atoms with Crippen LogP contribution in [-0.2, 0) is 13.1 Å². The van der Waals surface area contributed by atoms with E-state index in [9.17, 15) is 0 Å². The smallest absolute Gasteiger partial charge is 0.0714 e. The Labute approximate surface area is 245 Å². The summed E-state index contributed by atoms with van der Waals surface area (Å²) < 4.78 is 11.2. The highest BCUT2D eigenvalue weighted by Gasteiger charge is 2.23. The van der Waals surface area contributed by atoms with E-state index in [2.05, 4.69) is 90.6 Å². The van der Waals surface area contributed by atoms with Crippen molar-refractivity contribution in [3.8, 4) is 0 Å². The van der Waals surface area contributed by atoms with Crippen molar-refractivity contribution in [2.75, 3.05) is 0 Å². The van der Waals surface area contributed by atoms with Crippen LogP contribution in [0.5, 0.6) is 0 Å². The fraction of sp³-hybridized carbons (Fsp3) is 0.389. The van der Waals surface area contributed by atoms with Gasteiger partial charge in [0.2, 0.25) is 0 Å². The van der Waals surface area contributed by atoms with Gasteiger partial charge in [0.25, 0.3) is 0 Å². The maximum Gasteiger partial charge on any atom is 0.0714 e. The van der Waals surface area contributed by atoms with Gasteiger partial charge in [0.05, 0.1) is 20.4 Å².